The summed E-state index contributed by atoms with van der Waals surface area (Å²) in [5.41, 5.74) is 2.50. The topological polar surface area (TPSA) is 39.1 Å². The normalized spacial score (nSPS) is 12.9. The third kappa shape index (κ3) is 4.64. The van der Waals surface area contributed by atoms with Gasteiger partial charge in [-0.2, -0.15) is 0 Å². The molecule has 0 aromatic rings. The summed E-state index contributed by atoms with van der Waals surface area (Å²) in [7, 11) is 1.52. The van der Waals surface area contributed by atoms with Crippen LogP contribution in [0.15, 0.2) is 35.5 Å². The maximum Gasteiger partial charge on any atom is 0.172 e. The summed E-state index contributed by atoms with van der Waals surface area (Å²) in [6.45, 7) is 3.23. The summed E-state index contributed by atoms with van der Waals surface area (Å²) in [5, 5.41) is 8.22. The molecule has 84 valence electrons. The molecule has 0 heterocycles. The lowest BCUT2D eigenvalue weighted by atomic mass is 10.5. The first-order chi connectivity index (χ1) is 7.06. The van der Waals surface area contributed by atoms with E-state index in [1.54, 1.807) is 6.26 Å². The second-order valence-corrected chi connectivity index (χ2v) is 3.22. The highest BCUT2D eigenvalue weighted by Gasteiger charge is 2.07. The number of allylic oxidation sites excluding steroid dienone is 3. The third-order valence-electron chi connectivity index (χ3n) is 1.42. The maximum atomic E-state index is 13.1. The minimum absolute atomic E-state index is 0.193. The van der Waals surface area contributed by atoms with Crippen LogP contribution in [-0.2, 0) is 0 Å². The van der Waals surface area contributed by atoms with Gasteiger partial charge in [0, 0.05) is 7.05 Å². The zero-order valence-corrected chi connectivity index (χ0v) is 9.37. The molecular weight excluding hydrogens is 220 g/mol. The van der Waals surface area contributed by atoms with Crippen molar-refractivity contribution in [3.05, 3.63) is 35.5 Å². The van der Waals surface area contributed by atoms with E-state index in [1.165, 1.54) is 12.1 Å². The second kappa shape index (κ2) is 7.05. The predicted molar refractivity (Wildman–Crippen MR) is 60.7 cm³/mol. The van der Waals surface area contributed by atoms with Gasteiger partial charge < -0.3 is 10.8 Å². The van der Waals surface area contributed by atoms with Gasteiger partial charge >= 0.3 is 0 Å². The van der Waals surface area contributed by atoms with Gasteiger partial charge in [-0.05, 0) is 12.3 Å². The van der Waals surface area contributed by atoms with Gasteiger partial charge in [0.05, 0.1) is 12.4 Å². The van der Waals surface area contributed by atoms with Crippen LogP contribution in [0.1, 0.15) is 0 Å². The minimum Gasteiger partial charge on any atom is -0.306 e. The number of hydrogen-bond donors (Lipinski definition) is 2. The van der Waals surface area contributed by atoms with E-state index in [0.717, 1.165) is 24.0 Å². The fraction of sp³-hybridized carbons (Fsp3) is 0.222. The Morgan fingerprint density at radius 3 is 2.53 bits per heavy atom. The molecule has 0 rings (SSSR count). The molecule has 0 spiro atoms. The van der Waals surface area contributed by atoms with Crippen LogP contribution in [0.3, 0.4) is 0 Å². The molecule has 0 aliphatic carbocycles. The molecule has 0 saturated heterocycles. The zero-order chi connectivity index (χ0) is 11.8. The second-order valence-electron chi connectivity index (χ2n) is 2.42. The lowest BCUT2D eigenvalue weighted by molar-refractivity contribution is 0.363. The summed E-state index contributed by atoms with van der Waals surface area (Å²) >= 11 is 1.11. The van der Waals surface area contributed by atoms with E-state index in [2.05, 4.69) is 12.0 Å². The first kappa shape index (κ1) is 13.7. The van der Waals surface area contributed by atoms with Gasteiger partial charge in [0.1, 0.15) is 10.9 Å². The van der Waals surface area contributed by atoms with Crippen LogP contribution in [0.5, 0.6) is 0 Å². The van der Waals surface area contributed by atoms with Crippen molar-refractivity contribution in [3.8, 4) is 0 Å². The standard InChI is InChI=1S/C9H13F2N3S/c1-4-7(10)6-13-14(2)9(15-3)8(11)5-12/h4-6,12-13H,1H2,2-3H3/b7-6+,9-8-,12-5?. The molecule has 0 amide bonds. The van der Waals surface area contributed by atoms with Gasteiger partial charge in [-0.3, -0.25) is 5.01 Å². The Morgan fingerprint density at radius 2 is 2.13 bits per heavy atom. The monoisotopic (exact) mass is 233 g/mol. The predicted octanol–water partition coefficient (Wildman–Crippen LogP) is 2.57. The molecule has 0 aromatic heterocycles. The van der Waals surface area contributed by atoms with Crippen molar-refractivity contribution in [1.29, 1.82) is 5.41 Å². The largest absolute Gasteiger partial charge is 0.306 e. The molecular formula is C9H13F2N3S. The van der Waals surface area contributed by atoms with E-state index >= 15 is 0 Å². The lowest BCUT2D eigenvalue weighted by Crippen LogP contribution is -2.29. The molecule has 0 fully saturated rings. The third-order valence-corrected chi connectivity index (χ3v) is 2.28. The smallest absolute Gasteiger partial charge is 0.172 e. The number of rotatable bonds is 6. The summed E-state index contributed by atoms with van der Waals surface area (Å²) in [4.78, 5) is 0. The molecule has 15 heavy (non-hydrogen) atoms. The van der Waals surface area contributed by atoms with Crippen LogP contribution in [0, 0.1) is 5.41 Å². The van der Waals surface area contributed by atoms with Gasteiger partial charge in [0.2, 0.25) is 0 Å². The Hall–Kier alpha value is -1.30. The number of hydrogen-bond acceptors (Lipinski definition) is 4. The van der Waals surface area contributed by atoms with Gasteiger partial charge in [-0.25, -0.2) is 8.78 Å². The highest BCUT2D eigenvalue weighted by molar-refractivity contribution is 8.02. The lowest BCUT2D eigenvalue weighted by Gasteiger charge is -2.20. The van der Waals surface area contributed by atoms with Crippen LogP contribution in [0.4, 0.5) is 8.78 Å². The van der Waals surface area contributed by atoms with E-state index in [4.69, 9.17) is 5.41 Å². The van der Waals surface area contributed by atoms with Gasteiger partial charge in [-0.15, -0.1) is 11.8 Å². The minimum atomic E-state index is -0.690. The number of halogens is 2. The number of nitrogens with one attached hydrogen (secondary N) is 2. The Morgan fingerprint density at radius 1 is 1.53 bits per heavy atom. The van der Waals surface area contributed by atoms with Crippen molar-refractivity contribution >= 4 is 18.0 Å². The van der Waals surface area contributed by atoms with E-state index in [9.17, 15) is 8.78 Å². The van der Waals surface area contributed by atoms with Crippen LogP contribution in [0.25, 0.3) is 0 Å². The molecule has 3 nitrogen and oxygen atoms in total. The fourth-order valence-corrected chi connectivity index (χ4v) is 1.31. The van der Waals surface area contributed by atoms with E-state index in [-0.39, 0.29) is 5.03 Å². The summed E-state index contributed by atoms with van der Waals surface area (Å²) in [6, 6.07) is 0. The molecule has 0 atom stereocenters. The molecule has 2 N–H and O–H groups in total. The Balaban J connectivity index is 4.62. The van der Waals surface area contributed by atoms with Crippen molar-refractivity contribution in [3.63, 3.8) is 0 Å². The van der Waals surface area contributed by atoms with Gasteiger partial charge in [0.25, 0.3) is 0 Å². The van der Waals surface area contributed by atoms with Gasteiger partial charge in [0.15, 0.2) is 5.83 Å². The average Bonchev–Trinajstić information content (AvgIpc) is 2.26. The fourth-order valence-electron chi connectivity index (χ4n) is 0.732. The summed E-state index contributed by atoms with van der Waals surface area (Å²) in [6.07, 6.45) is 4.32. The maximum absolute atomic E-state index is 13.1. The van der Waals surface area contributed by atoms with Gasteiger partial charge in [-0.1, -0.05) is 6.58 Å². The highest BCUT2D eigenvalue weighted by Crippen LogP contribution is 2.18. The molecule has 0 aromatic carbocycles. The summed E-state index contributed by atoms with van der Waals surface area (Å²) < 4.78 is 25.7. The van der Waals surface area contributed by atoms with E-state index in [1.807, 2.05) is 0 Å². The van der Waals surface area contributed by atoms with Crippen molar-refractivity contribution < 1.29 is 8.78 Å². The summed E-state index contributed by atoms with van der Waals surface area (Å²) in [5.74, 6) is -1.25. The van der Waals surface area contributed by atoms with Crippen molar-refractivity contribution in [1.82, 2.24) is 10.4 Å². The molecule has 0 radical (unpaired) electrons. The molecule has 0 unspecified atom stereocenters. The van der Waals surface area contributed by atoms with Crippen molar-refractivity contribution in [2.75, 3.05) is 13.3 Å². The average molecular weight is 233 g/mol. The van der Waals surface area contributed by atoms with E-state index < -0.39 is 11.7 Å². The Labute approximate surface area is 92.0 Å². The first-order valence-electron chi connectivity index (χ1n) is 3.99. The molecule has 6 heteroatoms. The SMILES string of the molecule is C=C/C(F)=C\NN(C)/C(SC)=C(/F)C=N. The Bertz CT molecular complexity index is 300. The molecule has 0 aliphatic rings. The van der Waals surface area contributed by atoms with Crippen molar-refractivity contribution in [2.24, 2.45) is 0 Å². The van der Waals surface area contributed by atoms with Crippen LogP contribution in [0.2, 0.25) is 0 Å². The highest BCUT2D eigenvalue weighted by atomic mass is 32.2. The first-order valence-corrected chi connectivity index (χ1v) is 5.21. The van der Waals surface area contributed by atoms with Crippen LogP contribution >= 0.6 is 11.8 Å². The number of nitrogens with zero attached hydrogens (tertiary/aromatic N) is 1. The van der Waals surface area contributed by atoms with E-state index in [0.29, 0.717) is 6.21 Å². The number of hydrazine groups is 1. The quantitative estimate of drug-likeness (QED) is 0.421. The van der Waals surface area contributed by atoms with Crippen LogP contribution in [-0.4, -0.2) is 24.5 Å². The molecule has 0 bridgehead atoms. The van der Waals surface area contributed by atoms with Crippen molar-refractivity contribution in [2.45, 2.75) is 0 Å². The Kier molecular flexibility index (Phi) is 6.44. The van der Waals surface area contributed by atoms with Crippen LogP contribution < -0.4 is 5.43 Å². The molecule has 0 saturated carbocycles. The number of thioether (sulfide) groups is 1. The zero-order valence-electron chi connectivity index (χ0n) is 8.55. The molecule has 0 aliphatic heterocycles.